The van der Waals surface area contributed by atoms with Gasteiger partial charge in [-0.05, 0) is 30.7 Å². The van der Waals surface area contributed by atoms with Crippen molar-refractivity contribution in [1.82, 2.24) is 0 Å². The number of benzene rings is 1. The zero-order chi connectivity index (χ0) is 17.3. The highest BCUT2D eigenvalue weighted by Gasteiger charge is 2.39. The lowest BCUT2D eigenvalue weighted by Gasteiger charge is -2.24. The summed E-state index contributed by atoms with van der Waals surface area (Å²) in [7, 11) is 1.49. The monoisotopic (exact) mass is 333 g/mol. The molecule has 2 aliphatic heterocycles. The highest BCUT2D eigenvalue weighted by atomic mass is 16.5. The van der Waals surface area contributed by atoms with Crippen molar-refractivity contribution in [2.45, 2.75) is 25.5 Å². The lowest BCUT2D eigenvalue weighted by Crippen LogP contribution is -2.36. The van der Waals surface area contributed by atoms with Crippen molar-refractivity contribution >= 4 is 23.2 Å². The molecule has 0 aliphatic carbocycles. The van der Waals surface area contributed by atoms with Gasteiger partial charge in [-0.15, -0.1) is 0 Å². The average Bonchev–Trinajstić information content (AvgIpc) is 2.71. The third-order valence-corrected chi connectivity index (χ3v) is 4.55. The molecular formula is C17H23N3O4. The highest BCUT2D eigenvalue weighted by Crippen LogP contribution is 2.29. The highest BCUT2D eigenvalue weighted by molar-refractivity contribution is 6.00. The zero-order valence-electron chi connectivity index (χ0n) is 14.0. The molecule has 0 saturated carbocycles. The first kappa shape index (κ1) is 16.9. The average molecular weight is 333 g/mol. The van der Waals surface area contributed by atoms with Gasteiger partial charge < -0.3 is 25.0 Å². The standard InChI is InChI=1S/C17H23N3O4/c1-11-9-12(20-10-13(18)16(23-2)17(20)22)3-4-14(11)19-6-8-24-7-5-15(19)21/h3-4,9,13,16H,5-8,10,18H2,1-2H3. The second kappa shape index (κ2) is 6.88. The van der Waals surface area contributed by atoms with E-state index in [2.05, 4.69) is 0 Å². The number of amides is 2. The molecule has 0 spiro atoms. The number of ether oxygens (including phenoxy) is 2. The molecule has 1 aromatic rings. The fourth-order valence-corrected chi connectivity index (χ4v) is 3.28. The van der Waals surface area contributed by atoms with E-state index in [1.165, 1.54) is 7.11 Å². The summed E-state index contributed by atoms with van der Waals surface area (Å²) in [5.74, 6) is -0.0709. The Balaban J connectivity index is 1.85. The maximum absolute atomic E-state index is 12.4. The van der Waals surface area contributed by atoms with Crippen molar-refractivity contribution in [2.75, 3.05) is 43.2 Å². The van der Waals surface area contributed by atoms with E-state index in [9.17, 15) is 9.59 Å². The number of nitrogens with two attached hydrogens (primary N) is 1. The first-order valence-corrected chi connectivity index (χ1v) is 8.11. The van der Waals surface area contributed by atoms with Gasteiger partial charge in [0.25, 0.3) is 5.91 Å². The minimum Gasteiger partial charge on any atom is -0.379 e. The first-order chi connectivity index (χ1) is 11.5. The van der Waals surface area contributed by atoms with Crippen molar-refractivity contribution in [3.8, 4) is 0 Å². The number of carbonyl (C=O) groups excluding carboxylic acids is 2. The van der Waals surface area contributed by atoms with Crippen LogP contribution in [-0.4, -0.2) is 57.4 Å². The van der Waals surface area contributed by atoms with Gasteiger partial charge >= 0.3 is 0 Å². The summed E-state index contributed by atoms with van der Waals surface area (Å²) in [6.45, 7) is 3.89. The van der Waals surface area contributed by atoms with Gasteiger partial charge in [-0.2, -0.15) is 0 Å². The van der Waals surface area contributed by atoms with Crippen LogP contribution in [0.3, 0.4) is 0 Å². The Hall–Kier alpha value is -1.96. The summed E-state index contributed by atoms with van der Waals surface area (Å²) in [5, 5.41) is 0. The molecular weight excluding hydrogens is 310 g/mol. The molecule has 1 aromatic carbocycles. The van der Waals surface area contributed by atoms with Crippen LogP contribution in [0.4, 0.5) is 11.4 Å². The molecule has 2 heterocycles. The van der Waals surface area contributed by atoms with Gasteiger partial charge in [0, 0.05) is 31.6 Å². The van der Waals surface area contributed by atoms with E-state index in [-0.39, 0.29) is 17.9 Å². The third kappa shape index (κ3) is 3.02. The summed E-state index contributed by atoms with van der Waals surface area (Å²) in [6.07, 6.45) is -0.217. The van der Waals surface area contributed by atoms with Gasteiger partial charge in [0.1, 0.15) is 0 Å². The maximum Gasteiger partial charge on any atom is 0.257 e. The summed E-state index contributed by atoms with van der Waals surface area (Å²) < 4.78 is 10.5. The van der Waals surface area contributed by atoms with Gasteiger partial charge in [-0.1, -0.05) is 0 Å². The van der Waals surface area contributed by atoms with E-state index in [1.54, 1.807) is 9.80 Å². The van der Waals surface area contributed by atoms with E-state index in [4.69, 9.17) is 15.2 Å². The predicted octanol–water partition coefficient (Wildman–Crippen LogP) is 0.437. The van der Waals surface area contributed by atoms with Crippen LogP contribution in [0.5, 0.6) is 0 Å². The summed E-state index contributed by atoms with van der Waals surface area (Å²) >= 11 is 0. The largest absolute Gasteiger partial charge is 0.379 e. The molecule has 3 rings (SSSR count). The molecule has 2 N–H and O–H groups in total. The second-order valence-electron chi connectivity index (χ2n) is 6.15. The van der Waals surface area contributed by atoms with Gasteiger partial charge in [0.15, 0.2) is 6.10 Å². The Morgan fingerprint density at radius 1 is 1.25 bits per heavy atom. The molecule has 2 unspecified atom stereocenters. The first-order valence-electron chi connectivity index (χ1n) is 8.11. The normalized spacial score (nSPS) is 25.3. The molecule has 2 aliphatic rings. The molecule has 0 aromatic heterocycles. The quantitative estimate of drug-likeness (QED) is 0.867. The van der Waals surface area contributed by atoms with E-state index >= 15 is 0 Å². The molecule has 2 fully saturated rings. The number of anilines is 2. The molecule has 0 radical (unpaired) electrons. The van der Waals surface area contributed by atoms with Crippen LogP contribution in [0.25, 0.3) is 0 Å². The van der Waals surface area contributed by atoms with E-state index in [0.29, 0.717) is 32.7 Å². The van der Waals surface area contributed by atoms with Crippen molar-refractivity contribution < 1.29 is 19.1 Å². The minimum atomic E-state index is -0.602. The van der Waals surface area contributed by atoms with Gasteiger partial charge in [0.2, 0.25) is 5.91 Å². The van der Waals surface area contributed by atoms with Crippen LogP contribution < -0.4 is 15.5 Å². The molecule has 2 amide bonds. The van der Waals surface area contributed by atoms with Crippen molar-refractivity contribution in [2.24, 2.45) is 5.73 Å². The fourth-order valence-electron chi connectivity index (χ4n) is 3.28. The summed E-state index contributed by atoms with van der Waals surface area (Å²) in [5.41, 5.74) is 8.54. The molecule has 7 heteroatoms. The SMILES string of the molecule is COC1C(=O)N(c2ccc(N3CCOCCC3=O)c(C)c2)CC1N. The van der Waals surface area contributed by atoms with E-state index in [0.717, 1.165) is 16.9 Å². The summed E-state index contributed by atoms with van der Waals surface area (Å²) in [4.78, 5) is 28.0. The van der Waals surface area contributed by atoms with Crippen molar-refractivity contribution in [3.63, 3.8) is 0 Å². The smallest absolute Gasteiger partial charge is 0.257 e. The Morgan fingerprint density at radius 3 is 2.71 bits per heavy atom. The van der Waals surface area contributed by atoms with Gasteiger partial charge in [-0.25, -0.2) is 0 Å². The number of hydrogen-bond donors (Lipinski definition) is 1. The molecule has 130 valence electrons. The number of aryl methyl sites for hydroxylation is 1. The topological polar surface area (TPSA) is 85.1 Å². The lowest BCUT2D eigenvalue weighted by molar-refractivity contribution is -0.125. The van der Waals surface area contributed by atoms with Crippen LogP contribution in [0.2, 0.25) is 0 Å². The Labute approximate surface area is 141 Å². The predicted molar refractivity (Wildman–Crippen MR) is 90.1 cm³/mol. The zero-order valence-corrected chi connectivity index (χ0v) is 14.0. The number of carbonyl (C=O) groups is 2. The number of rotatable bonds is 3. The van der Waals surface area contributed by atoms with E-state index in [1.807, 2.05) is 25.1 Å². The Morgan fingerprint density at radius 2 is 2.04 bits per heavy atom. The van der Waals surface area contributed by atoms with Crippen molar-refractivity contribution in [1.29, 1.82) is 0 Å². The van der Waals surface area contributed by atoms with E-state index < -0.39 is 6.10 Å². The van der Waals surface area contributed by atoms with Crippen molar-refractivity contribution in [3.05, 3.63) is 23.8 Å². The minimum absolute atomic E-state index is 0.0575. The van der Waals surface area contributed by atoms with Crippen LogP contribution in [0.15, 0.2) is 18.2 Å². The van der Waals surface area contributed by atoms with Crippen LogP contribution in [0.1, 0.15) is 12.0 Å². The number of methoxy groups -OCH3 is 1. The second-order valence-corrected chi connectivity index (χ2v) is 6.15. The fraction of sp³-hybridized carbons (Fsp3) is 0.529. The molecule has 24 heavy (non-hydrogen) atoms. The molecule has 7 nitrogen and oxygen atoms in total. The molecule has 0 bridgehead atoms. The van der Waals surface area contributed by atoms with Crippen LogP contribution in [-0.2, 0) is 19.1 Å². The number of nitrogens with zero attached hydrogens (tertiary/aromatic N) is 2. The Bertz CT molecular complexity index is 649. The lowest BCUT2D eigenvalue weighted by atomic mass is 10.1. The van der Waals surface area contributed by atoms with Crippen LogP contribution >= 0.6 is 0 Å². The third-order valence-electron chi connectivity index (χ3n) is 4.55. The molecule has 2 atom stereocenters. The maximum atomic E-state index is 12.4. The number of hydrogen-bond acceptors (Lipinski definition) is 5. The van der Waals surface area contributed by atoms with Gasteiger partial charge in [-0.3, -0.25) is 9.59 Å². The summed E-state index contributed by atoms with van der Waals surface area (Å²) in [6, 6.07) is 5.31. The molecule has 2 saturated heterocycles. The Kier molecular flexibility index (Phi) is 4.84. The van der Waals surface area contributed by atoms with Crippen LogP contribution in [0, 0.1) is 6.92 Å². The van der Waals surface area contributed by atoms with Gasteiger partial charge in [0.05, 0.1) is 25.7 Å².